The molecule has 3 rings (SSSR count). The summed E-state index contributed by atoms with van der Waals surface area (Å²) in [5, 5.41) is 3.32. The van der Waals surface area contributed by atoms with Crippen LogP contribution >= 0.6 is 11.6 Å². The first kappa shape index (κ1) is 21.6. The number of anilines is 1. The molecule has 0 aliphatic heterocycles. The zero-order valence-electron chi connectivity index (χ0n) is 16.4. The molecule has 0 aliphatic carbocycles. The Labute approximate surface area is 177 Å². The van der Waals surface area contributed by atoms with Gasteiger partial charge in [0.15, 0.2) is 11.5 Å². The van der Waals surface area contributed by atoms with Crippen LogP contribution in [-0.4, -0.2) is 30.1 Å². The number of hydrogen-bond donors (Lipinski definition) is 1. The molecule has 0 spiro atoms. The summed E-state index contributed by atoms with van der Waals surface area (Å²) in [6.45, 7) is 3.30. The van der Waals surface area contributed by atoms with Gasteiger partial charge < -0.3 is 19.2 Å². The molecule has 0 fully saturated rings. The highest BCUT2D eigenvalue weighted by Crippen LogP contribution is 2.32. The number of oxazole rings is 1. The quantitative estimate of drug-likeness (QED) is 0.411. The fourth-order valence-electron chi connectivity index (χ4n) is 3.00. The second-order valence-corrected chi connectivity index (χ2v) is 6.69. The van der Waals surface area contributed by atoms with Gasteiger partial charge in [-0.2, -0.15) is 4.98 Å². The summed E-state index contributed by atoms with van der Waals surface area (Å²) in [6.07, 6.45) is 0. The number of benzene rings is 2. The summed E-state index contributed by atoms with van der Waals surface area (Å²) < 4.78 is 30.4. The number of nitrogens with zero attached hydrogens (tertiary/aromatic N) is 1. The fraction of sp³-hybridized carbons (Fsp3) is 0.286. The average Bonchev–Trinajstić information content (AvgIpc) is 3.10. The van der Waals surface area contributed by atoms with E-state index in [9.17, 15) is 14.0 Å². The Morgan fingerprint density at radius 2 is 1.80 bits per heavy atom. The summed E-state index contributed by atoms with van der Waals surface area (Å²) in [5.41, 5.74) is 0.947. The van der Waals surface area contributed by atoms with Crippen molar-refractivity contribution in [1.29, 1.82) is 0 Å². The molecule has 158 valence electrons. The van der Waals surface area contributed by atoms with Crippen LogP contribution in [0.2, 0.25) is 5.02 Å². The Balaban J connectivity index is 2.06. The van der Waals surface area contributed by atoms with Crippen LogP contribution < -0.4 is 5.32 Å². The maximum absolute atomic E-state index is 14.6. The molecule has 7 nitrogen and oxygen atoms in total. The number of carbonyl (C=O) groups excluding carboxylic acids is 2. The molecule has 30 heavy (non-hydrogen) atoms. The van der Waals surface area contributed by atoms with E-state index in [2.05, 4.69) is 10.3 Å². The summed E-state index contributed by atoms with van der Waals surface area (Å²) in [6, 6.07) is 9.42. The van der Waals surface area contributed by atoms with Crippen molar-refractivity contribution >= 4 is 40.7 Å². The number of aromatic nitrogens is 1. The van der Waals surface area contributed by atoms with Gasteiger partial charge in [0.1, 0.15) is 11.3 Å². The lowest BCUT2D eigenvalue weighted by atomic mass is 9.92. The highest BCUT2D eigenvalue weighted by Gasteiger charge is 2.40. The van der Waals surface area contributed by atoms with E-state index in [-0.39, 0.29) is 24.8 Å². The minimum atomic E-state index is -1.49. The second-order valence-electron chi connectivity index (χ2n) is 6.26. The molecule has 3 aromatic rings. The van der Waals surface area contributed by atoms with Gasteiger partial charge in [0.25, 0.3) is 6.01 Å². The Bertz CT molecular complexity index is 1040. The van der Waals surface area contributed by atoms with Gasteiger partial charge in [0.2, 0.25) is 0 Å². The molecule has 1 aromatic heterocycles. The first-order chi connectivity index (χ1) is 14.4. The number of fused-ring (bicyclic) bond motifs is 1. The molecule has 1 unspecified atom stereocenters. The molecule has 1 atom stereocenters. The van der Waals surface area contributed by atoms with E-state index in [0.29, 0.717) is 16.1 Å². The third-order valence-electron chi connectivity index (χ3n) is 4.28. The van der Waals surface area contributed by atoms with Crippen LogP contribution in [0.1, 0.15) is 25.5 Å². The number of nitrogens with one attached hydrogen (secondary N) is 1. The van der Waals surface area contributed by atoms with Gasteiger partial charge in [-0.15, -0.1) is 0 Å². The number of carbonyl (C=O) groups is 2. The highest BCUT2D eigenvalue weighted by atomic mass is 35.5. The van der Waals surface area contributed by atoms with Gasteiger partial charge in [0.05, 0.1) is 19.3 Å². The fourth-order valence-corrected chi connectivity index (χ4v) is 3.16. The van der Waals surface area contributed by atoms with Gasteiger partial charge in [-0.3, -0.25) is 9.59 Å². The predicted octanol–water partition coefficient (Wildman–Crippen LogP) is 4.52. The molecular weight excluding hydrogens is 415 g/mol. The molecule has 1 heterocycles. The molecule has 0 amide bonds. The molecule has 0 aliphatic rings. The van der Waals surface area contributed by atoms with Crippen molar-refractivity contribution in [3.63, 3.8) is 0 Å². The molecule has 2 aromatic carbocycles. The zero-order chi connectivity index (χ0) is 21.7. The Hall–Kier alpha value is -3.13. The van der Waals surface area contributed by atoms with Crippen LogP contribution in [0.4, 0.5) is 10.4 Å². The first-order valence-electron chi connectivity index (χ1n) is 9.34. The topological polar surface area (TPSA) is 90.7 Å². The second kappa shape index (κ2) is 9.58. The van der Waals surface area contributed by atoms with E-state index in [1.807, 2.05) is 0 Å². The molecular formula is C21H20ClFN2O5. The molecule has 0 saturated heterocycles. The Morgan fingerprint density at radius 3 is 2.43 bits per heavy atom. The first-order valence-corrected chi connectivity index (χ1v) is 9.72. The number of esters is 2. The van der Waals surface area contributed by atoms with Gasteiger partial charge in [0, 0.05) is 10.6 Å². The van der Waals surface area contributed by atoms with Gasteiger partial charge in [-0.1, -0.05) is 29.8 Å². The molecule has 1 N–H and O–H groups in total. The molecule has 0 radical (unpaired) electrons. The Kier molecular flexibility index (Phi) is 6.89. The predicted molar refractivity (Wildman–Crippen MR) is 109 cm³/mol. The van der Waals surface area contributed by atoms with Gasteiger partial charge >= 0.3 is 11.9 Å². The van der Waals surface area contributed by atoms with E-state index < -0.39 is 29.7 Å². The van der Waals surface area contributed by atoms with E-state index >= 15 is 0 Å². The largest absolute Gasteiger partial charge is 0.465 e. The lowest BCUT2D eigenvalue weighted by Gasteiger charge is -2.25. The van der Waals surface area contributed by atoms with Crippen molar-refractivity contribution in [2.45, 2.75) is 19.9 Å². The van der Waals surface area contributed by atoms with Gasteiger partial charge in [-0.25, -0.2) is 4.39 Å². The van der Waals surface area contributed by atoms with Crippen molar-refractivity contribution in [2.75, 3.05) is 18.5 Å². The van der Waals surface area contributed by atoms with Crippen LogP contribution in [0.25, 0.3) is 11.1 Å². The van der Waals surface area contributed by atoms with Gasteiger partial charge in [-0.05, 0) is 38.1 Å². The van der Waals surface area contributed by atoms with Crippen LogP contribution in [0.5, 0.6) is 0 Å². The molecule has 0 saturated carbocycles. The molecule has 9 heteroatoms. The average molecular weight is 435 g/mol. The third kappa shape index (κ3) is 4.71. The minimum absolute atomic E-state index is 0.0147. The standard InChI is InChI=1S/C21H20ClFN2O5/c1-3-28-19(26)17(20(27)29-4-2)18(13-7-5-6-8-14(13)23)25-21-24-15-11-12(22)9-10-16(15)30-21/h5-11,17-18H,3-4H2,1-2H3,(H,24,25). The minimum Gasteiger partial charge on any atom is -0.465 e. The maximum atomic E-state index is 14.6. The third-order valence-corrected chi connectivity index (χ3v) is 4.52. The van der Waals surface area contributed by atoms with E-state index in [1.54, 1.807) is 38.1 Å². The van der Waals surface area contributed by atoms with Crippen molar-refractivity contribution in [3.05, 3.63) is 58.9 Å². The maximum Gasteiger partial charge on any atom is 0.322 e. The normalized spacial score (nSPS) is 12.0. The summed E-state index contributed by atoms with van der Waals surface area (Å²) in [5.74, 6) is -3.81. The van der Waals surface area contributed by atoms with Crippen LogP contribution in [0, 0.1) is 11.7 Å². The smallest absolute Gasteiger partial charge is 0.322 e. The summed E-state index contributed by atoms with van der Waals surface area (Å²) in [4.78, 5) is 29.5. The number of ether oxygens (including phenoxy) is 2. The van der Waals surface area contributed by atoms with Crippen molar-refractivity contribution < 1.29 is 27.9 Å². The van der Waals surface area contributed by atoms with Crippen LogP contribution in [0.15, 0.2) is 46.9 Å². The zero-order valence-corrected chi connectivity index (χ0v) is 17.1. The van der Waals surface area contributed by atoms with Crippen LogP contribution in [-0.2, 0) is 19.1 Å². The van der Waals surface area contributed by atoms with E-state index in [0.717, 1.165) is 0 Å². The lowest BCUT2D eigenvalue weighted by molar-refractivity contribution is -0.162. The van der Waals surface area contributed by atoms with Crippen molar-refractivity contribution in [2.24, 2.45) is 5.92 Å². The number of rotatable bonds is 8. The Morgan fingerprint density at radius 1 is 1.13 bits per heavy atom. The number of halogens is 2. The van der Waals surface area contributed by atoms with E-state index in [1.165, 1.54) is 18.2 Å². The summed E-state index contributed by atoms with van der Waals surface area (Å²) >= 11 is 5.98. The van der Waals surface area contributed by atoms with Crippen LogP contribution in [0.3, 0.4) is 0 Å². The number of hydrogen-bond acceptors (Lipinski definition) is 7. The highest BCUT2D eigenvalue weighted by molar-refractivity contribution is 6.31. The summed E-state index contributed by atoms with van der Waals surface area (Å²) in [7, 11) is 0. The van der Waals surface area contributed by atoms with E-state index in [4.69, 9.17) is 25.5 Å². The van der Waals surface area contributed by atoms with Crippen molar-refractivity contribution in [1.82, 2.24) is 4.98 Å². The lowest BCUT2D eigenvalue weighted by Crippen LogP contribution is -2.37. The SMILES string of the molecule is CCOC(=O)C(C(=O)OCC)C(Nc1nc2cc(Cl)ccc2o1)c1ccccc1F. The van der Waals surface area contributed by atoms with Crippen molar-refractivity contribution in [3.8, 4) is 0 Å². The molecule has 0 bridgehead atoms. The monoisotopic (exact) mass is 434 g/mol.